The van der Waals surface area contributed by atoms with Crippen molar-refractivity contribution in [3.05, 3.63) is 59.2 Å². The largest absolute Gasteiger partial charge is 0.490 e. The molecule has 9 heteroatoms. The smallest absolute Gasteiger partial charge is 0.349 e. The number of fused-ring (bicyclic) bond motifs is 1. The Morgan fingerprint density at radius 2 is 1.71 bits per heavy atom. The van der Waals surface area contributed by atoms with Crippen molar-refractivity contribution >= 4 is 17.8 Å². The van der Waals surface area contributed by atoms with E-state index in [1.54, 1.807) is 42.2 Å². The van der Waals surface area contributed by atoms with Gasteiger partial charge in [-0.15, -0.1) is 0 Å². The van der Waals surface area contributed by atoms with Gasteiger partial charge in [-0.1, -0.05) is 18.2 Å². The van der Waals surface area contributed by atoms with Crippen molar-refractivity contribution in [2.45, 2.75) is 51.4 Å². The second-order valence-corrected chi connectivity index (χ2v) is 9.14. The van der Waals surface area contributed by atoms with Crippen molar-refractivity contribution < 1.29 is 19.4 Å². The van der Waals surface area contributed by atoms with E-state index in [-0.39, 0.29) is 12.1 Å². The molecule has 0 saturated carbocycles. The van der Waals surface area contributed by atoms with E-state index in [4.69, 9.17) is 26.0 Å². The van der Waals surface area contributed by atoms with Crippen LogP contribution in [0, 0.1) is 10.8 Å². The van der Waals surface area contributed by atoms with Gasteiger partial charge in [-0.05, 0) is 55.2 Å². The van der Waals surface area contributed by atoms with Crippen LogP contribution in [0.3, 0.4) is 0 Å². The monoisotopic (exact) mass is 479 g/mol. The zero-order valence-electron chi connectivity index (χ0n) is 20.0. The molecule has 0 aliphatic carbocycles. The summed E-state index contributed by atoms with van der Waals surface area (Å²) in [5, 5.41) is 25.4. The molecule has 1 saturated heterocycles. The number of benzene rings is 2. The van der Waals surface area contributed by atoms with E-state index in [1.807, 2.05) is 17.0 Å². The fourth-order valence-electron chi connectivity index (χ4n) is 4.64. The van der Waals surface area contributed by atoms with Gasteiger partial charge < -0.3 is 30.1 Å². The predicted molar refractivity (Wildman–Crippen MR) is 133 cm³/mol. The Labute approximate surface area is 205 Å². The number of amidine groups is 1. The molecule has 2 heterocycles. The number of carboxylic acid groups (broad SMARTS) is 1. The molecule has 1 unspecified atom stereocenters. The third-order valence-electron chi connectivity index (χ3n) is 6.63. The number of carbonyl (C=O) groups is 1. The van der Waals surface area contributed by atoms with Gasteiger partial charge in [0.1, 0.15) is 17.6 Å². The van der Waals surface area contributed by atoms with E-state index >= 15 is 0 Å². The van der Waals surface area contributed by atoms with Crippen LogP contribution in [0.2, 0.25) is 0 Å². The first-order valence-corrected chi connectivity index (χ1v) is 12.0. The second kappa shape index (κ2) is 10.7. The first-order chi connectivity index (χ1) is 16.8. The zero-order chi connectivity index (χ0) is 24.9. The number of aryl methyl sites for hydroxylation is 1. The molecule has 1 atom stereocenters. The summed E-state index contributed by atoms with van der Waals surface area (Å²) < 4.78 is 12.0. The molecule has 2 aliphatic rings. The van der Waals surface area contributed by atoms with Crippen molar-refractivity contribution in [3.63, 3.8) is 0 Å². The molecule has 0 spiro atoms. The summed E-state index contributed by atoms with van der Waals surface area (Å²) >= 11 is 0. The van der Waals surface area contributed by atoms with Crippen LogP contribution in [-0.4, -0.2) is 58.4 Å². The number of guanidine groups is 1. The summed E-state index contributed by atoms with van der Waals surface area (Å²) in [6.07, 6.45) is 2.40. The van der Waals surface area contributed by atoms with Crippen molar-refractivity contribution in [3.8, 4) is 11.5 Å². The van der Waals surface area contributed by atoms with E-state index in [1.165, 1.54) is 0 Å². The fourth-order valence-corrected chi connectivity index (χ4v) is 4.64. The highest BCUT2D eigenvalue weighted by molar-refractivity contribution is 5.76. The molecule has 186 valence electrons. The number of hydrogen-bond donors (Lipinski definition) is 4. The van der Waals surface area contributed by atoms with Crippen LogP contribution in [0.25, 0.3) is 0 Å². The quantitative estimate of drug-likeness (QED) is 0.368. The van der Waals surface area contributed by atoms with Gasteiger partial charge in [-0.2, -0.15) is 0 Å². The van der Waals surface area contributed by atoms with Crippen LogP contribution in [0.5, 0.6) is 11.5 Å². The molecule has 9 nitrogen and oxygen atoms in total. The molecule has 4 rings (SSSR count). The average Bonchev–Trinajstić information content (AvgIpc) is 3.06. The molecule has 35 heavy (non-hydrogen) atoms. The first-order valence-electron chi connectivity index (χ1n) is 12.0. The predicted octanol–water partition coefficient (Wildman–Crippen LogP) is 3.37. The minimum Gasteiger partial charge on any atom is -0.490 e. The van der Waals surface area contributed by atoms with Gasteiger partial charge in [-0.25, -0.2) is 4.79 Å². The lowest BCUT2D eigenvalue weighted by molar-refractivity contribution is -0.145. The van der Waals surface area contributed by atoms with Gasteiger partial charge in [-0.3, -0.25) is 10.8 Å². The molecule has 5 N–H and O–H groups in total. The Bertz CT molecular complexity index is 1080. The van der Waals surface area contributed by atoms with Crippen molar-refractivity contribution in [2.24, 2.45) is 5.73 Å². The SMILES string of the molecule is CC(=N)N1CCC(Oc2ccc(C(Oc3ccc4c(c3)CN(C(=N)N)CCC4)C(=O)O)cc2)CC1. The Balaban J connectivity index is 1.43. The summed E-state index contributed by atoms with van der Waals surface area (Å²) in [5.74, 6) is 0.698. The maximum atomic E-state index is 12.0. The number of piperidine rings is 1. The number of hydrogen-bond acceptors (Lipinski definition) is 5. The highest BCUT2D eigenvalue weighted by atomic mass is 16.5. The van der Waals surface area contributed by atoms with Gasteiger partial charge in [0.15, 0.2) is 5.96 Å². The molecule has 0 radical (unpaired) electrons. The molecule has 2 aromatic carbocycles. The summed E-state index contributed by atoms with van der Waals surface area (Å²) in [6.45, 7) is 4.63. The van der Waals surface area contributed by atoms with E-state index in [0.29, 0.717) is 36.0 Å². The van der Waals surface area contributed by atoms with Crippen LogP contribution in [0.15, 0.2) is 42.5 Å². The topological polar surface area (TPSA) is 136 Å². The number of likely N-dealkylation sites (tertiary alicyclic amines) is 1. The standard InChI is InChI=1S/C26H33N5O4/c1-17(27)30-13-10-22(11-14-30)34-21-7-5-19(6-8-21)24(25(32)33)35-23-9-4-18-3-2-12-31(26(28)29)16-20(18)15-23/h4-9,15,22,24,27H,2-3,10-14,16H2,1H3,(H3,28,29)(H,32,33). The summed E-state index contributed by atoms with van der Waals surface area (Å²) in [4.78, 5) is 15.9. The molecular weight excluding hydrogens is 446 g/mol. The number of nitrogens with zero attached hydrogens (tertiary/aromatic N) is 2. The van der Waals surface area contributed by atoms with Gasteiger partial charge in [0, 0.05) is 44.6 Å². The molecule has 0 aromatic heterocycles. The lowest BCUT2D eigenvalue weighted by Crippen LogP contribution is -2.40. The Morgan fingerprint density at radius 3 is 2.34 bits per heavy atom. The molecular formula is C26H33N5O4. The number of nitrogens with one attached hydrogen (secondary N) is 2. The number of aliphatic carboxylic acids is 1. The van der Waals surface area contributed by atoms with Gasteiger partial charge in [0.05, 0.1) is 5.84 Å². The molecule has 1 fully saturated rings. The maximum Gasteiger partial charge on any atom is 0.349 e. The Hall–Kier alpha value is -3.75. The van der Waals surface area contributed by atoms with Gasteiger partial charge in [0.25, 0.3) is 0 Å². The second-order valence-electron chi connectivity index (χ2n) is 9.14. The van der Waals surface area contributed by atoms with Crippen LogP contribution in [0.1, 0.15) is 49.0 Å². The normalized spacial score (nSPS) is 17.2. The minimum absolute atomic E-state index is 0.0327. The summed E-state index contributed by atoms with van der Waals surface area (Å²) in [6, 6.07) is 12.6. The molecule has 0 amide bonds. The van der Waals surface area contributed by atoms with Crippen LogP contribution in [0.4, 0.5) is 0 Å². The van der Waals surface area contributed by atoms with Crippen LogP contribution in [-0.2, 0) is 17.8 Å². The zero-order valence-corrected chi connectivity index (χ0v) is 20.0. The third-order valence-corrected chi connectivity index (χ3v) is 6.63. The van der Waals surface area contributed by atoms with E-state index in [9.17, 15) is 9.90 Å². The number of carboxylic acids is 1. The van der Waals surface area contributed by atoms with Crippen LogP contribution < -0.4 is 15.2 Å². The number of rotatable bonds is 6. The lowest BCUT2D eigenvalue weighted by Gasteiger charge is -2.32. The third kappa shape index (κ3) is 6.03. The Morgan fingerprint density at radius 1 is 1.03 bits per heavy atom. The van der Waals surface area contributed by atoms with Gasteiger partial charge in [0.2, 0.25) is 6.10 Å². The number of ether oxygens (including phenoxy) is 2. The summed E-state index contributed by atoms with van der Waals surface area (Å²) in [7, 11) is 0. The minimum atomic E-state index is -1.16. The first kappa shape index (κ1) is 24.4. The molecule has 2 aliphatic heterocycles. The van der Waals surface area contributed by atoms with Crippen molar-refractivity contribution in [2.75, 3.05) is 19.6 Å². The van der Waals surface area contributed by atoms with E-state index in [2.05, 4.69) is 0 Å². The fraction of sp³-hybridized carbons (Fsp3) is 0.423. The van der Waals surface area contributed by atoms with E-state index < -0.39 is 12.1 Å². The van der Waals surface area contributed by atoms with E-state index in [0.717, 1.165) is 49.9 Å². The van der Waals surface area contributed by atoms with Crippen LogP contribution >= 0.6 is 0 Å². The number of nitrogens with two attached hydrogens (primary N) is 1. The highest BCUT2D eigenvalue weighted by Crippen LogP contribution is 2.29. The average molecular weight is 480 g/mol. The highest BCUT2D eigenvalue weighted by Gasteiger charge is 2.24. The molecule has 2 aromatic rings. The van der Waals surface area contributed by atoms with Crippen molar-refractivity contribution in [1.82, 2.24) is 9.80 Å². The lowest BCUT2D eigenvalue weighted by atomic mass is 10.0. The maximum absolute atomic E-state index is 12.0. The van der Waals surface area contributed by atoms with Gasteiger partial charge >= 0.3 is 5.97 Å². The summed E-state index contributed by atoms with van der Waals surface area (Å²) in [5.41, 5.74) is 8.38. The Kier molecular flexibility index (Phi) is 7.43. The van der Waals surface area contributed by atoms with Crippen molar-refractivity contribution in [1.29, 1.82) is 10.8 Å². The molecule has 0 bridgehead atoms.